The zero-order valence-corrected chi connectivity index (χ0v) is 12.2. The van der Waals surface area contributed by atoms with Crippen LogP contribution in [0.3, 0.4) is 0 Å². The molecule has 2 rings (SSSR count). The van der Waals surface area contributed by atoms with Gasteiger partial charge in [0.15, 0.2) is 5.17 Å². The summed E-state index contributed by atoms with van der Waals surface area (Å²) in [6.45, 7) is 6.96. The molecule has 0 aromatic rings. The first-order chi connectivity index (χ1) is 8.13. The SMILES string of the molecule is CC1CCCC(N=C2NC(C)CC(C)S2)CC1. The molecule has 1 saturated carbocycles. The van der Waals surface area contributed by atoms with Gasteiger partial charge in [-0.05, 0) is 38.5 Å². The maximum Gasteiger partial charge on any atom is 0.157 e. The van der Waals surface area contributed by atoms with Gasteiger partial charge in [0.25, 0.3) is 0 Å². The van der Waals surface area contributed by atoms with Crippen molar-refractivity contribution in [2.45, 2.75) is 76.6 Å². The van der Waals surface area contributed by atoms with Gasteiger partial charge in [0.1, 0.15) is 0 Å². The Morgan fingerprint density at radius 2 is 1.94 bits per heavy atom. The van der Waals surface area contributed by atoms with Crippen molar-refractivity contribution >= 4 is 16.9 Å². The molecule has 2 aliphatic rings. The minimum absolute atomic E-state index is 0.576. The third-order valence-corrected chi connectivity index (χ3v) is 4.94. The number of hydrogen-bond donors (Lipinski definition) is 1. The fourth-order valence-electron chi connectivity index (χ4n) is 2.87. The molecule has 1 aliphatic carbocycles. The van der Waals surface area contributed by atoms with Crippen LogP contribution in [0, 0.1) is 5.92 Å². The maximum atomic E-state index is 4.96. The van der Waals surface area contributed by atoms with E-state index >= 15 is 0 Å². The lowest BCUT2D eigenvalue weighted by atomic mass is 10.0. The van der Waals surface area contributed by atoms with Gasteiger partial charge in [0, 0.05) is 11.3 Å². The minimum Gasteiger partial charge on any atom is -0.362 e. The lowest BCUT2D eigenvalue weighted by Crippen LogP contribution is -2.39. The highest BCUT2D eigenvalue weighted by Gasteiger charge is 2.22. The first-order valence-corrected chi connectivity index (χ1v) is 8.02. The predicted octanol–water partition coefficient (Wildman–Crippen LogP) is 3.81. The Kier molecular flexibility index (Phi) is 4.78. The summed E-state index contributed by atoms with van der Waals surface area (Å²) in [5.74, 6) is 0.907. The van der Waals surface area contributed by atoms with Gasteiger partial charge in [-0.1, -0.05) is 38.5 Å². The highest BCUT2D eigenvalue weighted by Crippen LogP contribution is 2.27. The monoisotopic (exact) mass is 254 g/mol. The van der Waals surface area contributed by atoms with Crippen LogP contribution in [0.1, 0.15) is 59.3 Å². The quantitative estimate of drug-likeness (QED) is 0.720. The Labute approximate surface area is 110 Å². The third kappa shape index (κ3) is 4.20. The second kappa shape index (κ2) is 6.12. The molecule has 4 unspecified atom stereocenters. The van der Waals surface area contributed by atoms with Crippen LogP contribution in [-0.2, 0) is 0 Å². The molecule has 0 spiro atoms. The van der Waals surface area contributed by atoms with Crippen LogP contribution in [0.5, 0.6) is 0 Å². The summed E-state index contributed by atoms with van der Waals surface area (Å²) in [5, 5.41) is 5.46. The van der Waals surface area contributed by atoms with Gasteiger partial charge < -0.3 is 5.32 Å². The van der Waals surface area contributed by atoms with Crippen LogP contribution in [0.2, 0.25) is 0 Å². The van der Waals surface area contributed by atoms with E-state index < -0.39 is 0 Å². The molecule has 3 heteroatoms. The van der Waals surface area contributed by atoms with Gasteiger partial charge >= 0.3 is 0 Å². The highest BCUT2D eigenvalue weighted by molar-refractivity contribution is 8.14. The molecule has 2 fully saturated rings. The average Bonchev–Trinajstić information content (AvgIpc) is 2.42. The van der Waals surface area contributed by atoms with E-state index in [1.165, 1.54) is 43.7 Å². The molecule has 2 nitrogen and oxygen atoms in total. The largest absolute Gasteiger partial charge is 0.362 e. The third-order valence-electron chi connectivity index (χ3n) is 3.89. The Morgan fingerprint density at radius 3 is 2.71 bits per heavy atom. The molecule has 1 aliphatic heterocycles. The van der Waals surface area contributed by atoms with E-state index in [1.54, 1.807) is 0 Å². The summed E-state index contributed by atoms with van der Waals surface area (Å²) in [7, 11) is 0. The molecule has 0 radical (unpaired) electrons. The number of aliphatic imine (C=N–C) groups is 1. The van der Waals surface area contributed by atoms with Crippen LogP contribution >= 0.6 is 11.8 Å². The summed E-state index contributed by atoms with van der Waals surface area (Å²) in [4.78, 5) is 4.96. The molecular formula is C14H26N2S. The summed E-state index contributed by atoms with van der Waals surface area (Å²) >= 11 is 1.93. The lowest BCUT2D eigenvalue weighted by molar-refractivity contribution is 0.498. The fraction of sp³-hybridized carbons (Fsp3) is 0.929. The summed E-state index contributed by atoms with van der Waals surface area (Å²) < 4.78 is 0. The van der Waals surface area contributed by atoms with E-state index in [9.17, 15) is 0 Å². The van der Waals surface area contributed by atoms with Crippen LogP contribution in [0.25, 0.3) is 0 Å². The van der Waals surface area contributed by atoms with Crippen LogP contribution in [0.4, 0.5) is 0 Å². The molecule has 4 atom stereocenters. The molecular weight excluding hydrogens is 228 g/mol. The van der Waals surface area contributed by atoms with Crippen LogP contribution in [0.15, 0.2) is 4.99 Å². The van der Waals surface area contributed by atoms with Gasteiger partial charge in [-0.3, -0.25) is 4.99 Å². The van der Waals surface area contributed by atoms with E-state index in [4.69, 9.17) is 4.99 Å². The highest BCUT2D eigenvalue weighted by atomic mass is 32.2. The summed E-state index contributed by atoms with van der Waals surface area (Å²) in [5.41, 5.74) is 0. The zero-order chi connectivity index (χ0) is 12.3. The number of thioether (sulfide) groups is 1. The first kappa shape index (κ1) is 13.3. The second-order valence-corrected chi connectivity index (χ2v) is 7.34. The van der Waals surface area contributed by atoms with Crippen LogP contribution in [-0.4, -0.2) is 22.5 Å². The van der Waals surface area contributed by atoms with E-state index in [1.807, 2.05) is 11.8 Å². The molecule has 0 amide bonds. The van der Waals surface area contributed by atoms with E-state index in [0.717, 1.165) is 11.2 Å². The van der Waals surface area contributed by atoms with Crippen molar-refractivity contribution < 1.29 is 0 Å². The lowest BCUT2D eigenvalue weighted by Gasteiger charge is -2.28. The summed E-state index contributed by atoms with van der Waals surface area (Å²) in [6, 6.07) is 1.17. The molecule has 0 aromatic heterocycles. The smallest absolute Gasteiger partial charge is 0.157 e. The molecule has 1 N–H and O–H groups in total. The number of hydrogen-bond acceptors (Lipinski definition) is 2. The second-order valence-electron chi connectivity index (χ2n) is 5.91. The Bertz CT molecular complexity index is 265. The van der Waals surface area contributed by atoms with Crippen molar-refractivity contribution in [1.82, 2.24) is 5.32 Å². The van der Waals surface area contributed by atoms with Crippen molar-refractivity contribution in [2.75, 3.05) is 0 Å². The van der Waals surface area contributed by atoms with Gasteiger partial charge in [-0.15, -0.1) is 0 Å². The molecule has 17 heavy (non-hydrogen) atoms. The van der Waals surface area contributed by atoms with E-state index in [2.05, 4.69) is 26.1 Å². The number of amidine groups is 1. The topological polar surface area (TPSA) is 24.4 Å². The van der Waals surface area contributed by atoms with Crippen molar-refractivity contribution in [2.24, 2.45) is 10.9 Å². The Morgan fingerprint density at radius 1 is 1.12 bits per heavy atom. The van der Waals surface area contributed by atoms with E-state index in [0.29, 0.717) is 12.1 Å². The van der Waals surface area contributed by atoms with Crippen molar-refractivity contribution in [3.05, 3.63) is 0 Å². The molecule has 0 bridgehead atoms. The predicted molar refractivity (Wildman–Crippen MR) is 77.7 cm³/mol. The fourth-order valence-corrected chi connectivity index (χ4v) is 4.12. The van der Waals surface area contributed by atoms with Crippen molar-refractivity contribution in [3.8, 4) is 0 Å². The number of rotatable bonds is 1. The van der Waals surface area contributed by atoms with Gasteiger partial charge in [0.2, 0.25) is 0 Å². The van der Waals surface area contributed by atoms with Gasteiger partial charge in [-0.25, -0.2) is 0 Å². The standard InChI is InChI=1S/C14H26N2S/c1-10-5-4-6-13(8-7-10)16-14-15-11(2)9-12(3)17-14/h10-13H,4-9H2,1-3H3,(H,15,16). The zero-order valence-electron chi connectivity index (χ0n) is 11.4. The van der Waals surface area contributed by atoms with Crippen molar-refractivity contribution in [1.29, 1.82) is 0 Å². The van der Waals surface area contributed by atoms with Gasteiger partial charge in [0.05, 0.1) is 6.04 Å². The van der Waals surface area contributed by atoms with Crippen molar-refractivity contribution in [3.63, 3.8) is 0 Å². The minimum atomic E-state index is 0.576. The average molecular weight is 254 g/mol. The summed E-state index contributed by atoms with van der Waals surface area (Å²) in [6.07, 6.45) is 7.95. The molecule has 1 saturated heterocycles. The normalized spacial score (nSPS) is 41.9. The molecule has 0 aromatic carbocycles. The Hall–Kier alpha value is -0.180. The van der Waals surface area contributed by atoms with Gasteiger partial charge in [-0.2, -0.15) is 0 Å². The molecule has 1 heterocycles. The van der Waals surface area contributed by atoms with Crippen LogP contribution < -0.4 is 5.32 Å². The molecule has 98 valence electrons. The number of nitrogens with zero attached hydrogens (tertiary/aromatic N) is 1. The maximum absolute atomic E-state index is 4.96. The first-order valence-electron chi connectivity index (χ1n) is 7.14. The number of nitrogens with one attached hydrogen (secondary N) is 1. The Balaban J connectivity index is 1.93. The van der Waals surface area contributed by atoms with E-state index in [-0.39, 0.29) is 0 Å².